The Morgan fingerprint density at radius 1 is 1.70 bits per heavy atom. The largest absolute Gasteiger partial charge is 0.463 e. The molecule has 0 aromatic carbocycles. The maximum Gasteiger partial charge on any atom is 0.353 e. The van der Waals surface area contributed by atoms with Crippen molar-refractivity contribution in [3.05, 3.63) is 0 Å². The summed E-state index contributed by atoms with van der Waals surface area (Å²) in [5.74, 6) is -0.867. The van der Waals surface area contributed by atoms with Crippen LogP contribution < -0.4 is 5.73 Å². The van der Waals surface area contributed by atoms with E-state index >= 15 is 0 Å². The second-order valence-electron chi connectivity index (χ2n) is 1.94. The van der Waals surface area contributed by atoms with E-state index in [9.17, 15) is 9.90 Å². The van der Waals surface area contributed by atoms with Crippen LogP contribution in [0.15, 0.2) is 0 Å². The van der Waals surface area contributed by atoms with E-state index in [1.807, 2.05) is 6.92 Å². The lowest BCUT2D eigenvalue weighted by Gasteiger charge is -2.02. The summed E-state index contributed by atoms with van der Waals surface area (Å²) in [5.41, 5.74) is 4.69. The third-order valence-electron chi connectivity index (χ3n) is 0.975. The van der Waals surface area contributed by atoms with Gasteiger partial charge < -0.3 is 4.74 Å². The van der Waals surface area contributed by atoms with Crippen LogP contribution in [0.1, 0.15) is 19.8 Å². The molecule has 0 saturated carbocycles. The molecule has 0 saturated heterocycles. The van der Waals surface area contributed by atoms with Crippen molar-refractivity contribution in [2.75, 3.05) is 6.61 Å². The van der Waals surface area contributed by atoms with Gasteiger partial charge in [-0.15, -0.1) is 0 Å². The van der Waals surface area contributed by atoms with Crippen LogP contribution >= 0.6 is 0 Å². The van der Waals surface area contributed by atoms with Gasteiger partial charge in [-0.1, -0.05) is 13.3 Å². The van der Waals surface area contributed by atoms with Crippen molar-refractivity contribution in [3.8, 4) is 0 Å². The van der Waals surface area contributed by atoms with Crippen molar-refractivity contribution in [3.63, 3.8) is 0 Å². The molecule has 0 aliphatic carbocycles. The van der Waals surface area contributed by atoms with E-state index in [0.29, 0.717) is 6.61 Å². The van der Waals surface area contributed by atoms with Crippen molar-refractivity contribution < 1.29 is 14.6 Å². The van der Waals surface area contributed by atoms with Gasteiger partial charge >= 0.3 is 5.97 Å². The minimum absolute atomic E-state index is 0.297. The molecule has 4 heteroatoms. The predicted octanol–water partition coefficient (Wildman–Crippen LogP) is 0.0450. The van der Waals surface area contributed by atoms with Crippen molar-refractivity contribution in [2.45, 2.75) is 26.0 Å². The molecule has 0 aliphatic heterocycles. The summed E-state index contributed by atoms with van der Waals surface area (Å²) in [6.07, 6.45) is -0.0309. The van der Waals surface area contributed by atoms with Gasteiger partial charge in [0.2, 0.25) is 6.23 Å². The highest BCUT2D eigenvalue weighted by molar-refractivity contribution is 5.73. The zero-order chi connectivity index (χ0) is 7.98. The molecule has 0 spiro atoms. The van der Waals surface area contributed by atoms with Crippen LogP contribution in [0.4, 0.5) is 0 Å². The Labute approximate surface area is 60.0 Å². The van der Waals surface area contributed by atoms with Crippen LogP contribution in [0.5, 0.6) is 0 Å². The number of unbranched alkanes of at least 4 members (excludes halogenated alkanes) is 1. The van der Waals surface area contributed by atoms with Crippen LogP contribution in [-0.2, 0) is 14.6 Å². The summed E-state index contributed by atoms with van der Waals surface area (Å²) in [5, 5.41) is 10.1. The summed E-state index contributed by atoms with van der Waals surface area (Å²) in [6.45, 7) is 2.26. The highest BCUT2D eigenvalue weighted by Crippen LogP contribution is 1.89. The van der Waals surface area contributed by atoms with Crippen LogP contribution in [0.25, 0.3) is 0 Å². The zero-order valence-corrected chi connectivity index (χ0v) is 6.00. The molecule has 1 atom stereocenters. The standard InChI is InChI=1S/C6H12NO3/c1-2-3-4-10-6(9)5(7)8/h5H,2-4,7H2,1H3. The Kier molecular flexibility index (Phi) is 4.88. The van der Waals surface area contributed by atoms with Gasteiger partial charge in [-0.3, -0.25) is 5.73 Å². The minimum atomic E-state index is -1.74. The topological polar surface area (TPSA) is 72.2 Å². The summed E-state index contributed by atoms with van der Waals surface area (Å²) in [6, 6.07) is 0. The first-order valence-corrected chi connectivity index (χ1v) is 3.26. The second-order valence-corrected chi connectivity index (χ2v) is 1.94. The molecule has 0 amide bonds. The Morgan fingerprint density at radius 2 is 2.30 bits per heavy atom. The summed E-state index contributed by atoms with van der Waals surface area (Å²) < 4.78 is 4.47. The molecule has 4 nitrogen and oxygen atoms in total. The Hall–Kier alpha value is -0.610. The molecule has 1 radical (unpaired) electrons. The summed E-state index contributed by atoms with van der Waals surface area (Å²) in [7, 11) is 0. The SMILES string of the molecule is CCCCOC(=O)C(N)[O]. The van der Waals surface area contributed by atoms with Crippen molar-refractivity contribution in [2.24, 2.45) is 5.73 Å². The first-order chi connectivity index (χ1) is 4.68. The number of carbonyl (C=O) groups is 1. The van der Waals surface area contributed by atoms with Gasteiger partial charge in [-0.2, -0.15) is 0 Å². The van der Waals surface area contributed by atoms with Crippen molar-refractivity contribution in [1.82, 2.24) is 0 Å². The number of esters is 1. The van der Waals surface area contributed by atoms with Crippen LogP contribution in [0.2, 0.25) is 0 Å². The molecular weight excluding hydrogens is 134 g/mol. The van der Waals surface area contributed by atoms with E-state index in [2.05, 4.69) is 10.5 Å². The smallest absolute Gasteiger partial charge is 0.353 e. The van der Waals surface area contributed by atoms with Gasteiger partial charge in [0, 0.05) is 0 Å². The van der Waals surface area contributed by atoms with Crippen LogP contribution in [0, 0.1) is 0 Å². The fourth-order valence-corrected chi connectivity index (χ4v) is 0.399. The lowest BCUT2D eigenvalue weighted by molar-refractivity contribution is -0.156. The maximum absolute atomic E-state index is 10.4. The minimum Gasteiger partial charge on any atom is -0.463 e. The van der Waals surface area contributed by atoms with E-state index in [1.165, 1.54) is 0 Å². The van der Waals surface area contributed by atoms with E-state index < -0.39 is 12.2 Å². The van der Waals surface area contributed by atoms with Gasteiger partial charge in [-0.05, 0) is 6.42 Å². The fourth-order valence-electron chi connectivity index (χ4n) is 0.399. The molecule has 59 valence electrons. The predicted molar refractivity (Wildman–Crippen MR) is 34.5 cm³/mol. The van der Waals surface area contributed by atoms with Gasteiger partial charge in [0.1, 0.15) is 0 Å². The fraction of sp³-hybridized carbons (Fsp3) is 0.833. The molecule has 0 aromatic heterocycles. The first-order valence-electron chi connectivity index (χ1n) is 3.26. The molecule has 0 fully saturated rings. The average Bonchev–Trinajstić information content (AvgIpc) is 1.88. The van der Waals surface area contributed by atoms with Gasteiger partial charge in [0.05, 0.1) is 6.61 Å². The van der Waals surface area contributed by atoms with E-state index in [0.717, 1.165) is 12.8 Å². The lowest BCUT2D eigenvalue weighted by Crippen LogP contribution is -2.30. The number of ether oxygens (including phenoxy) is 1. The molecule has 0 heterocycles. The monoisotopic (exact) mass is 146 g/mol. The van der Waals surface area contributed by atoms with Gasteiger partial charge in [0.25, 0.3) is 0 Å². The Balaban J connectivity index is 3.22. The molecule has 0 rings (SSSR count). The molecule has 0 aromatic rings. The molecule has 2 N–H and O–H groups in total. The summed E-state index contributed by atoms with van der Waals surface area (Å²) >= 11 is 0. The highest BCUT2D eigenvalue weighted by atomic mass is 16.5. The maximum atomic E-state index is 10.4. The van der Waals surface area contributed by atoms with E-state index in [-0.39, 0.29) is 0 Å². The molecule has 10 heavy (non-hydrogen) atoms. The summed E-state index contributed by atoms with van der Waals surface area (Å²) in [4.78, 5) is 10.4. The number of hydrogen-bond donors (Lipinski definition) is 1. The molecular formula is C6H12NO3. The van der Waals surface area contributed by atoms with Crippen molar-refractivity contribution >= 4 is 5.97 Å². The van der Waals surface area contributed by atoms with Crippen molar-refractivity contribution in [1.29, 1.82) is 0 Å². The van der Waals surface area contributed by atoms with E-state index in [4.69, 9.17) is 0 Å². The zero-order valence-electron chi connectivity index (χ0n) is 6.00. The van der Waals surface area contributed by atoms with E-state index in [1.54, 1.807) is 0 Å². The molecule has 0 bridgehead atoms. The number of carbonyl (C=O) groups excluding carboxylic acids is 1. The Morgan fingerprint density at radius 3 is 2.70 bits per heavy atom. The van der Waals surface area contributed by atoms with Gasteiger partial charge in [0.15, 0.2) is 0 Å². The number of rotatable bonds is 4. The average molecular weight is 146 g/mol. The molecule has 0 aliphatic rings. The second kappa shape index (κ2) is 5.20. The van der Waals surface area contributed by atoms with Gasteiger partial charge in [-0.25, -0.2) is 9.90 Å². The quantitative estimate of drug-likeness (QED) is 0.346. The first kappa shape index (κ1) is 9.39. The highest BCUT2D eigenvalue weighted by Gasteiger charge is 2.11. The third-order valence-corrected chi connectivity index (χ3v) is 0.975. The number of nitrogens with two attached hydrogens (primary N) is 1. The van der Waals surface area contributed by atoms with Crippen LogP contribution in [-0.4, -0.2) is 18.8 Å². The number of hydrogen-bond acceptors (Lipinski definition) is 3. The third kappa shape index (κ3) is 4.29. The molecule has 1 unspecified atom stereocenters. The van der Waals surface area contributed by atoms with Crippen LogP contribution in [0.3, 0.4) is 0 Å². The lowest BCUT2D eigenvalue weighted by atomic mass is 10.4. The normalized spacial score (nSPS) is 12.7. The Bertz CT molecular complexity index is 103.